The number of aromatic nitrogens is 3. The smallest absolute Gasteiger partial charge is 0.497 e. The van der Waals surface area contributed by atoms with E-state index in [2.05, 4.69) is 24.9 Å². The van der Waals surface area contributed by atoms with Gasteiger partial charge in [-0.05, 0) is 50.4 Å². The molecule has 4 aliphatic heterocycles. The van der Waals surface area contributed by atoms with Crippen molar-refractivity contribution < 1.29 is 36.2 Å². The number of alkyl halides is 4. The number of nitrogens with zero attached hydrogens (tertiary/aromatic N) is 5. The Labute approximate surface area is 244 Å². The minimum absolute atomic E-state index is 0.0784. The molecule has 230 valence electrons. The van der Waals surface area contributed by atoms with E-state index in [9.17, 15) is 17.6 Å². The number of methoxy groups -OCH3 is 1. The Balaban J connectivity index is 1.32. The molecule has 4 aliphatic rings. The summed E-state index contributed by atoms with van der Waals surface area (Å²) in [6.45, 7) is 2.54. The molecule has 6 heterocycles. The molecule has 0 saturated carbocycles. The third kappa shape index (κ3) is 5.28. The molecular weight excluding hydrogens is 575 g/mol. The summed E-state index contributed by atoms with van der Waals surface area (Å²) in [5.41, 5.74) is -1.26. The maximum Gasteiger partial charge on any atom is 0.573 e. The van der Waals surface area contributed by atoms with Gasteiger partial charge in [0.15, 0.2) is 5.82 Å². The number of anilines is 1. The predicted molar refractivity (Wildman–Crippen MR) is 147 cm³/mol. The van der Waals surface area contributed by atoms with Crippen LogP contribution in [0.3, 0.4) is 0 Å². The van der Waals surface area contributed by atoms with Gasteiger partial charge < -0.3 is 24.4 Å². The average Bonchev–Trinajstić information content (AvgIpc) is 3.61. The molecular formula is C29H31F5N6O3. The number of nitrogens with one attached hydrogen (secondary N) is 1. The van der Waals surface area contributed by atoms with Crippen LogP contribution < -0.4 is 24.4 Å². The fraction of sp³-hybridized carbons (Fsp3) is 0.552. The molecule has 4 atom stereocenters. The van der Waals surface area contributed by atoms with Crippen molar-refractivity contribution in [2.45, 2.75) is 62.3 Å². The highest BCUT2D eigenvalue weighted by Crippen LogP contribution is 2.42. The van der Waals surface area contributed by atoms with E-state index in [0.717, 1.165) is 38.3 Å². The molecule has 0 aliphatic carbocycles. The van der Waals surface area contributed by atoms with Gasteiger partial charge in [0, 0.05) is 49.9 Å². The van der Waals surface area contributed by atoms with Crippen molar-refractivity contribution in [2.24, 2.45) is 0 Å². The molecule has 3 aromatic rings. The zero-order valence-electron chi connectivity index (χ0n) is 23.5. The van der Waals surface area contributed by atoms with Crippen molar-refractivity contribution >= 4 is 16.7 Å². The van der Waals surface area contributed by atoms with Gasteiger partial charge in [0.1, 0.15) is 41.3 Å². The SMILES string of the molecule is COc1ccc(OC(F)(F)F)c(-c2ncc3c(N4C[C@H]5CC[C@@H](C4)N5)nc(OCC45CCCN4CC(F)C5)nc3c2F)c1. The summed E-state index contributed by atoms with van der Waals surface area (Å²) < 4.78 is 86.0. The quantitative estimate of drug-likeness (QED) is 0.387. The Morgan fingerprint density at radius 3 is 2.65 bits per heavy atom. The molecule has 14 heteroatoms. The van der Waals surface area contributed by atoms with Crippen LogP contribution in [-0.2, 0) is 0 Å². The van der Waals surface area contributed by atoms with Crippen LogP contribution in [0.25, 0.3) is 22.2 Å². The van der Waals surface area contributed by atoms with Gasteiger partial charge in [0.2, 0.25) is 0 Å². The first-order valence-corrected chi connectivity index (χ1v) is 14.4. The molecule has 2 unspecified atom stereocenters. The molecule has 43 heavy (non-hydrogen) atoms. The number of fused-ring (bicyclic) bond motifs is 4. The van der Waals surface area contributed by atoms with Gasteiger partial charge in [0.05, 0.1) is 18.0 Å². The Morgan fingerprint density at radius 1 is 1.12 bits per heavy atom. The zero-order valence-corrected chi connectivity index (χ0v) is 23.5. The number of hydrogen-bond donors (Lipinski definition) is 1. The first-order valence-electron chi connectivity index (χ1n) is 14.4. The molecule has 2 bridgehead atoms. The highest BCUT2D eigenvalue weighted by molar-refractivity contribution is 5.92. The second-order valence-electron chi connectivity index (χ2n) is 11.8. The molecule has 4 saturated heterocycles. The molecule has 7 rings (SSSR count). The minimum Gasteiger partial charge on any atom is -0.497 e. The fourth-order valence-electron chi connectivity index (χ4n) is 7.17. The summed E-state index contributed by atoms with van der Waals surface area (Å²) in [6, 6.07) is 3.98. The van der Waals surface area contributed by atoms with Gasteiger partial charge >= 0.3 is 12.4 Å². The van der Waals surface area contributed by atoms with Crippen LogP contribution in [0.1, 0.15) is 32.1 Å². The van der Waals surface area contributed by atoms with Crippen molar-refractivity contribution in [1.29, 1.82) is 0 Å². The minimum atomic E-state index is -5.01. The van der Waals surface area contributed by atoms with Gasteiger partial charge in [-0.25, -0.2) is 8.78 Å². The van der Waals surface area contributed by atoms with Gasteiger partial charge in [0.25, 0.3) is 0 Å². The Morgan fingerprint density at radius 2 is 1.91 bits per heavy atom. The molecule has 2 aromatic heterocycles. The van der Waals surface area contributed by atoms with Crippen LogP contribution in [0.4, 0.5) is 27.8 Å². The Hall–Kier alpha value is -3.52. The Kier molecular flexibility index (Phi) is 6.95. The third-order valence-corrected chi connectivity index (χ3v) is 9.06. The van der Waals surface area contributed by atoms with E-state index in [0.29, 0.717) is 37.3 Å². The number of pyridine rings is 1. The van der Waals surface area contributed by atoms with Crippen molar-refractivity contribution in [1.82, 2.24) is 25.2 Å². The van der Waals surface area contributed by atoms with Gasteiger partial charge in [-0.15, -0.1) is 13.2 Å². The normalized spacial score (nSPS) is 27.1. The summed E-state index contributed by atoms with van der Waals surface area (Å²) in [5.74, 6) is -0.956. The molecule has 4 fully saturated rings. The average molecular weight is 607 g/mol. The number of ether oxygens (including phenoxy) is 3. The molecule has 0 amide bonds. The number of rotatable bonds is 7. The fourth-order valence-corrected chi connectivity index (χ4v) is 7.17. The lowest BCUT2D eigenvalue weighted by atomic mass is 9.95. The largest absolute Gasteiger partial charge is 0.573 e. The lowest BCUT2D eigenvalue weighted by Crippen LogP contribution is -2.51. The van der Waals surface area contributed by atoms with Crippen molar-refractivity contribution in [3.63, 3.8) is 0 Å². The van der Waals surface area contributed by atoms with E-state index >= 15 is 4.39 Å². The van der Waals surface area contributed by atoms with Crippen LogP contribution in [0.15, 0.2) is 24.4 Å². The standard InChI is InChI=1S/C29H31F5N6O3/c1-41-19-5-6-22(43-29(32,33)34)20(9-19)24-23(31)25-21(11-35-24)26(39-13-17-3-4-18(14-39)36-17)38-27(37-25)42-15-28-7-2-8-40(28)12-16(30)10-28/h5-6,9,11,16-18,36H,2-4,7-8,10,12-15H2,1H3/t16?,17-,18+,28?. The number of piperazine rings is 1. The van der Waals surface area contributed by atoms with E-state index < -0.39 is 35.3 Å². The zero-order chi connectivity index (χ0) is 29.9. The van der Waals surface area contributed by atoms with Crippen molar-refractivity contribution in [2.75, 3.05) is 44.8 Å². The molecule has 1 aromatic carbocycles. The number of hydrogen-bond acceptors (Lipinski definition) is 9. The van der Waals surface area contributed by atoms with Gasteiger partial charge in [-0.3, -0.25) is 9.88 Å². The Bertz CT molecular complexity index is 1530. The maximum atomic E-state index is 16.4. The van der Waals surface area contributed by atoms with Crippen molar-refractivity contribution in [3.8, 4) is 28.8 Å². The highest BCUT2D eigenvalue weighted by Gasteiger charge is 2.49. The van der Waals surface area contributed by atoms with E-state index in [1.807, 2.05) is 4.90 Å². The van der Waals surface area contributed by atoms with Crippen LogP contribution in [0.5, 0.6) is 17.5 Å². The summed E-state index contributed by atoms with van der Waals surface area (Å²) in [4.78, 5) is 17.5. The van der Waals surface area contributed by atoms with Crippen molar-refractivity contribution in [3.05, 3.63) is 30.2 Å². The lowest BCUT2D eigenvalue weighted by molar-refractivity contribution is -0.274. The highest BCUT2D eigenvalue weighted by atomic mass is 19.4. The van der Waals surface area contributed by atoms with E-state index in [1.165, 1.54) is 25.4 Å². The van der Waals surface area contributed by atoms with Crippen LogP contribution in [-0.4, -0.2) is 89.9 Å². The topological polar surface area (TPSA) is 84.9 Å². The summed E-state index contributed by atoms with van der Waals surface area (Å²) in [5, 5.41) is 3.86. The summed E-state index contributed by atoms with van der Waals surface area (Å²) in [6.07, 6.45) is -0.539. The molecule has 0 spiro atoms. The maximum absolute atomic E-state index is 16.4. The summed E-state index contributed by atoms with van der Waals surface area (Å²) in [7, 11) is 1.34. The van der Waals surface area contributed by atoms with E-state index in [1.54, 1.807) is 0 Å². The second-order valence-corrected chi connectivity index (χ2v) is 11.8. The lowest BCUT2D eigenvalue weighted by Gasteiger charge is -2.34. The summed E-state index contributed by atoms with van der Waals surface area (Å²) >= 11 is 0. The molecule has 9 nitrogen and oxygen atoms in total. The van der Waals surface area contributed by atoms with Gasteiger partial charge in [-0.1, -0.05) is 0 Å². The van der Waals surface area contributed by atoms with Crippen LogP contribution in [0.2, 0.25) is 0 Å². The van der Waals surface area contributed by atoms with E-state index in [4.69, 9.17) is 14.5 Å². The van der Waals surface area contributed by atoms with Crippen LogP contribution >= 0.6 is 0 Å². The number of benzene rings is 1. The molecule has 1 N–H and O–H groups in total. The molecule has 0 radical (unpaired) electrons. The number of halogens is 5. The first kappa shape index (κ1) is 28.3. The van der Waals surface area contributed by atoms with E-state index in [-0.39, 0.29) is 41.5 Å². The van der Waals surface area contributed by atoms with Crippen LogP contribution in [0, 0.1) is 5.82 Å². The first-order chi connectivity index (χ1) is 20.6. The monoisotopic (exact) mass is 606 g/mol. The van der Waals surface area contributed by atoms with Gasteiger partial charge in [-0.2, -0.15) is 9.97 Å². The predicted octanol–water partition coefficient (Wildman–Crippen LogP) is 4.63. The third-order valence-electron chi connectivity index (χ3n) is 9.06. The second kappa shape index (κ2) is 10.6.